The molecule has 1 atom stereocenters. The van der Waals surface area contributed by atoms with Crippen LogP contribution in [0.2, 0.25) is 5.02 Å². The van der Waals surface area contributed by atoms with E-state index in [1.165, 1.54) is 7.11 Å². The summed E-state index contributed by atoms with van der Waals surface area (Å²) in [4.78, 5) is 12.2. The molecule has 0 aliphatic carbocycles. The van der Waals surface area contributed by atoms with Crippen LogP contribution in [0, 0.1) is 0 Å². The zero-order valence-electron chi connectivity index (χ0n) is 10.7. The molecule has 112 valence electrons. The maximum absolute atomic E-state index is 12.3. The van der Waals surface area contributed by atoms with E-state index in [-0.39, 0.29) is 6.61 Å². The Balaban J connectivity index is 2.83. The first-order valence-electron chi connectivity index (χ1n) is 5.70. The summed E-state index contributed by atoms with van der Waals surface area (Å²) in [5.41, 5.74) is 5.95. The van der Waals surface area contributed by atoms with E-state index in [0.717, 1.165) is 11.8 Å². The molecule has 8 heteroatoms. The molecule has 1 unspecified atom stereocenters. The lowest BCUT2D eigenvalue weighted by atomic mass is 10.2. The zero-order chi connectivity index (χ0) is 15.1. The molecule has 1 amide bonds. The lowest BCUT2D eigenvalue weighted by Gasteiger charge is -2.15. The molecule has 0 heterocycles. The normalized spacial score (nSPS) is 12.5. The summed E-state index contributed by atoms with van der Waals surface area (Å²) >= 11 is 6.84. The molecule has 0 fully saturated rings. The number of ether oxygens (including phenoxy) is 1. The van der Waals surface area contributed by atoms with Crippen LogP contribution in [0.1, 0.15) is 0 Å². The molecule has 4 nitrogen and oxygen atoms in total. The monoisotopic (exact) mass is 324 g/mol. The van der Waals surface area contributed by atoms with Crippen LogP contribution < -0.4 is 11.1 Å². The van der Waals surface area contributed by atoms with Gasteiger partial charge >= 0.3 is 0 Å². The lowest BCUT2D eigenvalue weighted by molar-refractivity contribution is -0.118. The van der Waals surface area contributed by atoms with Gasteiger partial charge in [-0.3, -0.25) is 4.79 Å². The van der Waals surface area contributed by atoms with Crippen molar-refractivity contribution in [2.24, 2.45) is 5.73 Å². The summed E-state index contributed by atoms with van der Waals surface area (Å²) in [5, 5.41) is 2.87. The van der Waals surface area contributed by atoms with Crippen LogP contribution in [-0.2, 0) is 9.53 Å². The second-order valence-electron chi connectivity index (χ2n) is 3.87. The van der Waals surface area contributed by atoms with Crippen LogP contribution >= 0.6 is 23.4 Å². The van der Waals surface area contributed by atoms with Gasteiger partial charge in [-0.05, 0) is 12.1 Å². The molecule has 0 aliphatic heterocycles. The van der Waals surface area contributed by atoms with Gasteiger partial charge < -0.3 is 15.8 Å². The van der Waals surface area contributed by atoms with Crippen LogP contribution in [0.3, 0.4) is 0 Å². The number of nitrogens with one attached hydrogen (secondary N) is 1. The molecule has 1 aromatic carbocycles. The number of hydrogen-bond donors (Lipinski definition) is 2. The highest BCUT2D eigenvalue weighted by Gasteiger charge is 2.17. The number of alkyl halides is 2. The fourth-order valence-electron chi connectivity index (χ4n) is 1.38. The summed E-state index contributed by atoms with van der Waals surface area (Å²) in [6.07, 6.45) is -2.46. The van der Waals surface area contributed by atoms with Gasteiger partial charge in [0.05, 0.1) is 23.1 Å². The number of halogens is 3. The van der Waals surface area contributed by atoms with E-state index in [2.05, 4.69) is 5.32 Å². The molecule has 0 radical (unpaired) electrons. The number of carbonyl (C=O) groups is 1. The van der Waals surface area contributed by atoms with Crippen molar-refractivity contribution in [1.82, 2.24) is 0 Å². The van der Waals surface area contributed by atoms with Gasteiger partial charge in [-0.1, -0.05) is 17.7 Å². The quantitative estimate of drug-likeness (QED) is 0.757. The Bertz CT molecular complexity index is 463. The molecule has 1 rings (SSSR count). The third-order valence-electron chi connectivity index (χ3n) is 2.26. The Labute approximate surface area is 125 Å². The van der Waals surface area contributed by atoms with Crippen LogP contribution in [0.5, 0.6) is 0 Å². The highest BCUT2D eigenvalue weighted by molar-refractivity contribution is 7.99. The Hall–Kier alpha value is -0.890. The third-order valence-corrected chi connectivity index (χ3v) is 3.84. The largest absolute Gasteiger partial charge is 0.383 e. The fourth-order valence-corrected chi connectivity index (χ4v) is 2.49. The van der Waals surface area contributed by atoms with Crippen molar-refractivity contribution < 1.29 is 18.3 Å². The molecule has 0 bridgehead atoms. The second kappa shape index (κ2) is 8.41. The standard InChI is InChI=1S/C12H15ClF2N2O2S/c1-19-5-8(16)12(18)17-9-4-2-3-7(13)11(9)20-6-10(14)15/h2-4,8,10H,5-6,16H2,1H3,(H,17,18). The Kier molecular flexibility index (Phi) is 7.22. The third kappa shape index (κ3) is 5.24. The van der Waals surface area contributed by atoms with E-state index in [1.54, 1.807) is 18.2 Å². The van der Waals surface area contributed by atoms with E-state index in [4.69, 9.17) is 22.1 Å². The number of methoxy groups -OCH3 is 1. The molecule has 0 spiro atoms. The number of carbonyl (C=O) groups excluding carboxylic acids is 1. The van der Waals surface area contributed by atoms with Gasteiger partial charge in [0.15, 0.2) is 0 Å². The van der Waals surface area contributed by atoms with Crippen LogP contribution in [-0.4, -0.2) is 37.8 Å². The van der Waals surface area contributed by atoms with Crippen LogP contribution in [0.25, 0.3) is 0 Å². The number of thioether (sulfide) groups is 1. The minimum absolute atomic E-state index is 0.0614. The average molecular weight is 325 g/mol. The van der Waals surface area contributed by atoms with Gasteiger partial charge in [0, 0.05) is 12.0 Å². The molecule has 0 aromatic heterocycles. The first kappa shape index (κ1) is 17.2. The van der Waals surface area contributed by atoms with Gasteiger partial charge in [0.1, 0.15) is 6.04 Å². The van der Waals surface area contributed by atoms with Gasteiger partial charge in [-0.2, -0.15) is 0 Å². The van der Waals surface area contributed by atoms with Crippen molar-refractivity contribution in [2.75, 3.05) is 24.8 Å². The van der Waals surface area contributed by atoms with E-state index in [0.29, 0.717) is 15.6 Å². The molecular weight excluding hydrogens is 310 g/mol. The first-order valence-corrected chi connectivity index (χ1v) is 7.07. The topological polar surface area (TPSA) is 64.3 Å². The number of rotatable bonds is 7. The number of anilines is 1. The Morgan fingerprint density at radius 3 is 2.85 bits per heavy atom. The molecule has 1 aromatic rings. The fraction of sp³-hybridized carbons (Fsp3) is 0.417. The van der Waals surface area contributed by atoms with Gasteiger partial charge in [0.25, 0.3) is 0 Å². The SMILES string of the molecule is COCC(N)C(=O)Nc1cccc(Cl)c1SCC(F)F. The maximum atomic E-state index is 12.3. The van der Waals surface area contributed by atoms with Crippen molar-refractivity contribution in [3.8, 4) is 0 Å². The van der Waals surface area contributed by atoms with E-state index in [1.807, 2.05) is 0 Å². The predicted molar refractivity (Wildman–Crippen MR) is 76.7 cm³/mol. The number of amides is 1. The van der Waals surface area contributed by atoms with E-state index < -0.39 is 24.1 Å². The number of hydrogen-bond acceptors (Lipinski definition) is 4. The lowest BCUT2D eigenvalue weighted by Crippen LogP contribution is -2.39. The summed E-state index contributed by atoms with van der Waals surface area (Å²) in [7, 11) is 1.43. The highest BCUT2D eigenvalue weighted by atomic mass is 35.5. The molecule has 20 heavy (non-hydrogen) atoms. The summed E-state index contributed by atoms with van der Waals surface area (Å²) < 4.78 is 29.4. The second-order valence-corrected chi connectivity index (χ2v) is 5.31. The summed E-state index contributed by atoms with van der Waals surface area (Å²) in [6.45, 7) is 0.0614. The van der Waals surface area contributed by atoms with Gasteiger partial charge in [-0.25, -0.2) is 8.78 Å². The minimum Gasteiger partial charge on any atom is -0.383 e. The van der Waals surface area contributed by atoms with Crippen LogP contribution in [0.4, 0.5) is 14.5 Å². The number of nitrogens with two attached hydrogens (primary N) is 1. The van der Waals surface area contributed by atoms with Crippen molar-refractivity contribution in [2.45, 2.75) is 17.4 Å². The van der Waals surface area contributed by atoms with E-state index in [9.17, 15) is 13.6 Å². The molecule has 0 saturated carbocycles. The predicted octanol–water partition coefficient (Wildman–Crippen LogP) is 2.61. The van der Waals surface area contributed by atoms with Crippen molar-refractivity contribution >= 4 is 35.0 Å². The Morgan fingerprint density at radius 2 is 2.25 bits per heavy atom. The minimum atomic E-state index is -2.46. The van der Waals surface area contributed by atoms with Crippen molar-refractivity contribution in [3.63, 3.8) is 0 Å². The Morgan fingerprint density at radius 1 is 1.55 bits per heavy atom. The first-order chi connectivity index (χ1) is 9.45. The molecule has 3 N–H and O–H groups in total. The van der Waals surface area contributed by atoms with Crippen LogP contribution in [0.15, 0.2) is 23.1 Å². The smallest absolute Gasteiger partial charge is 0.247 e. The summed E-state index contributed by atoms with van der Waals surface area (Å²) in [6, 6.07) is 3.93. The van der Waals surface area contributed by atoms with Gasteiger partial charge in [-0.15, -0.1) is 11.8 Å². The average Bonchev–Trinajstić information content (AvgIpc) is 2.38. The molecule has 0 saturated heterocycles. The molecular formula is C12H15ClF2N2O2S. The highest BCUT2D eigenvalue weighted by Crippen LogP contribution is 2.35. The zero-order valence-corrected chi connectivity index (χ0v) is 12.3. The van der Waals surface area contributed by atoms with Crippen molar-refractivity contribution in [1.29, 1.82) is 0 Å². The van der Waals surface area contributed by atoms with E-state index >= 15 is 0 Å². The van der Waals surface area contributed by atoms with Crippen molar-refractivity contribution in [3.05, 3.63) is 23.2 Å². The van der Waals surface area contributed by atoms with Gasteiger partial charge in [0.2, 0.25) is 12.3 Å². The number of benzene rings is 1. The molecule has 0 aliphatic rings. The maximum Gasteiger partial charge on any atom is 0.247 e. The summed E-state index contributed by atoms with van der Waals surface area (Å²) in [5.74, 6) is -0.871.